The summed E-state index contributed by atoms with van der Waals surface area (Å²) in [5.74, 6) is 0. The van der Waals surface area contributed by atoms with Crippen LogP contribution in [-0.4, -0.2) is 5.71 Å². The van der Waals surface area contributed by atoms with Crippen molar-refractivity contribution in [2.24, 2.45) is 4.99 Å². The number of benzene rings is 2. The van der Waals surface area contributed by atoms with E-state index in [-0.39, 0.29) is 0 Å². The van der Waals surface area contributed by atoms with E-state index in [2.05, 4.69) is 25.1 Å². The first-order chi connectivity index (χ1) is 9.33. The summed E-state index contributed by atoms with van der Waals surface area (Å²) in [4.78, 5) is 4.70. The highest BCUT2D eigenvalue weighted by Gasteiger charge is 2.02. The van der Waals surface area contributed by atoms with Crippen LogP contribution in [0, 0.1) is 11.3 Å². The van der Waals surface area contributed by atoms with Gasteiger partial charge in [-0.1, -0.05) is 43.7 Å². The summed E-state index contributed by atoms with van der Waals surface area (Å²) in [6, 6.07) is 19.7. The maximum atomic E-state index is 8.79. The molecule has 0 aliphatic rings. The average Bonchev–Trinajstić information content (AvgIpc) is 2.48. The van der Waals surface area contributed by atoms with Crippen LogP contribution in [0.15, 0.2) is 59.6 Å². The highest BCUT2D eigenvalue weighted by atomic mass is 14.7. The molecule has 0 saturated carbocycles. The zero-order valence-electron chi connectivity index (χ0n) is 11.0. The SMILES string of the molecule is CCCC(=Nc1ccc(C#N)cc1)c1ccccc1. The second-order valence-corrected chi connectivity index (χ2v) is 4.33. The molecule has 0 N–H and O–H groups in total. The lowest BCUT2D eigenvalue weighted by molar-refractivity contribution is 0.992. The lowest BCUT2D eigenvalue weighted by Crippen LogP contribution is -1.99. The molecule has 0 atom stereocenters. The summed E-state index contributed by atoms with van der Waals surface area (Å²) in [6.45, 7) is 2.15. The van der Waals surface area contributed by atoms with Crippen molar-refractivity contribution in [1.29, 1.82) is 5.26 Å². The van der Waals surface area contributed by atoms with Crippen molar-refractivity contribution in [2.45, 2.75) is 19.8 Å². The highest BCUT2D eigenvalue weighted by molar-refractivity contribution is 6.02. The van der Waals surface area contributed by atoms with Crippen LogP contribution in [0.2, 0.25) is 0 Å². The Kier molecular flexibility index (Phi) is 4.47. The van der Waals surface area contributed by atoms with Crippen molar-refractivity contribution < 1.29 is 0 Å². The van der Waals surface area contributed by atoms with Gasteiger partial charge >= 0.3 is 0 Å². The summed E-state index contributed by atoms with van der Waals surface area (Å²) in [5, 5.41) is 8.79. The van der Waals surface area contributed by atoms with Crippen molar-refractivity contribution in [1.82, 2.24) is 0 Å². The monoisotopic (exact) mass is 248 g/mol. The minimum absolute atomic E-state index is 0.663. The van der Waals surface area contributed by atoms with Crippen LogP contribution in [0.5, 0.6) is 0 Å². The first-order valence-corrected chi connectivity index (χ1v) is 6.46. The third-order valence-electron chi connectivity index (χ3n) is 2.85. The van der Waals surface area contributed by atoms with Crippen LogP contribution in [-0.2, 0) is 0 Å². The third-order valence-corrected chi connectivity index (χ3v) is 2.85. The number of nitriles is 1. The fourth-order valence-corrected chi connectivity index (χ4v) is 1.90. The lowest BCUT2D eigenvalue weighted by atomic mass is 10.1. The van der Waals surface area contributed by atoms with E-state index in [1.807, 2.05) is 30.3 Å². The van der Waals surface area contributed by atoms with Gasteiger partial charge in [-0.15, -0.1) is 0 Å². The fraction of sp³-hybridized carbons (Fsp3) is 0.176. The summed E-state index contributed by atoms with van der Waals surface area (Å²) in [6.07, 6.45) is 2.01. The van der Waals surface area contributed by atoms with Crippen LogP contribution >= 0.6 is 0 Å². The molecule has 2 aromatic carbocycles. The first kappa shape index (κ1) is 13.0. The summed E-state index contributed by atoms with van der Waals surface area (Å²) >= 11 is 0. The Morgan fingerprint density at radius 2 is 1.74 bits per heavy atom. The number of hydrogen-bond donors (Lipinski definition) is 0. The number of hydrogen-bond acceptors (Lipinski definition) is 2. The molecule has 0 radical (unpaired) electrons. The van der Waals surface area contributed by atoms with Gasteiger partial charge in [-0.3, -0.25) is 4.99 Å². The minimum atomic E-state index is 0.663. The molecule has 0 fully saturated rings. The van der Waals surface area contributed by atoms with Gasteiger partial charge < -0.3 is 0 Å². The quantitative estimate of drug-likeness (QED) is 0.735. The van der Waals surface area contributed by atoms with Crippen molar-refractivity contribution in [3.63, 3.8) is 0 Å². The van der Waals surface area contributed by atoms with Crippen molar-refractivity contribution >= 4 is 11.4 Å². The maximum absolute atomic E-state index is 8.79. The van der Waals surface area contributed by atoms with Gasteiger partial charge in [-0.25, -0.2) is 0 Å². The van der Waals surface area contributed by atoms with E-state index in [0.29, 0.717) is 5.56 Å². The maximum Gasteiger partial charge on any atom is 0.0991 e. The van der Waals surface area contributed by atoms with Crippen LogP contribution < -0.4 is 0 Å². The zero-order valence-corrected chi connectivity index (χ0v) is 11.0. The zero-order chi connectivity index (χ0) is 13.5. The molecule has 0 aliphatic carbocycles. The molecule has 0 heterocycles. The average molecular weight is 248 g/mol. The molecule has 0 unspecified atom stereocenters. The van der Waals surface area contributed by atoms with Crippen LogP contribution in [0.3, 0.4) is 0 Å². The van der Waals surface area contributed by atoms with Gasteiger partial charge in [-0.05, 0) is 36.2 Å². The molecule has 94 valence electrons. The van der Waals surface area contributed by atoms with Crippen molar-refractivity contribution in [3.05, 3.63) is 65.7 Å². The van der Waals surface area contributed by atoms with Gasteiger partial charge in [-0.2, -0.15) is 5.26 Å². The van der Waals surface area contributed by atoms with Crippen molar-refractivity contribution in [3.8, 4) is 6.07 Å². The van der Waals surface area contributed by atoms with Gasteiger partial charge in [0.05, 0.1) is 17.3 Å². The molecule has 2 heteroatoms. The van der Waals surface area contributed by atoms with E-state index in [9.17, 15) is 0 Å². The molecule has 19 heavy (non-hydrogen) atoms. The molecule has 0 aliphatic heterocycles. The van der Waals surface area contributed by atoms with E-state index in [1.165, 1.54) is 0 Å². The number of nitrogens with zero attached hydrogens (tertiary/aromatic N) is 2. The van der Waals surface area contributed by atoms with E-state index in [1.54, 1.807) is 12.1 Å². The predicted molar refractivity (Wildman–Crippen MR) is 78.7 cm³/mol. The number of aliphatic imine (C=N–C) groups is 1. The van der Waals surface area contributed by atoms with E-state index in [4.69, 9.17) is 10.3 Å². The van der Waals surface area contributed by atoms with Gasteiger partial charge in [0, 0.05) is 5.71 Å². The van der Waals surface area contributed by atoms with Gasteiger partial charge in [0.25, 0.3) is 0 Å². The molecular weight excluding hydrogens is 232 g/mol. The Hall–Kier alpha value is -2.40. The third kappa shape index (κ3) is 3.53. The Labute approximate surface area is 114 Å². The van der Waals surface area contributed by atoms with Crippen LogP contribution in [0.1, 0.15) is 30.9 Å². The molecule has 0 bridgehead atoms. The molecule has 0 amide bonds. The Morgan fingerprint density at radius 1 is 1.05 bits per heavy atom. The van der Waals surface area contributed by atoms with E-state index in [0.717, 1.165) is 29.8 Å². The second-order valence-electron chi connectivity index (χ2n) is 4.33. The summed E-state index contributed by atoms with van der Waals surface area (Å²) in [7, 11) is 0. The van der Waals surface area contributed by atoms with Gasteiger partial charge in [0.15, 0.2) is 0 Å². The van der Waals surface area contributed by atoms with Crippen LogP contribution in [0.25, 0.3) is 0 Å². The molecule has 0 spiro atoms. The molecule has 0 saturated heterocycles. The molecule has 2 nitrogen and oxygen atoms in total. The Bertz CT molecular complexity index is 589. The number of rotatable bonds is 4. The van der Waals surface area contributed by atoms with Gasteiger partial charge in [0.2, 0.25) is 0 Å². The highest BCUT2D eigenvalue weighted by Crippen LogP contribution is 2.17. The second kappa shape index (κ2) is 6.51. The van der Waals surface area contributed by atoms with E-state index < -0.39 is 0 Å². The van der Waals surface area contributed by atoms with Crippen LogP contribution in [0.4, 0.5) is 5.69 Å². The molecule has 2 rings (SSSR count). The fourth-order valence-electron chi connectivity index (χ4n) is 1.90. The van der Waals surface area contributed by atoms with Crippen molar-refractivity contribution in [2.75, 3.05) is 0 Å². The summed E-state index contributed by atoms with van der Waals surface area (Å²) in [5.41, 5.74) is 3.81. The van der Waals surface area contributed by atoms with Gasteiger partial charge in [0.1, 0.15) is 0 Å². The van der Waals surface area contributed by atoms with E-state index >= 15 is 0 Å². The predicted octanol–water partition coefficient (Wildman–Crippen LogP) is 4.48. The smallest absolute Gasteiger partial charge is 0.0991 e. The minimum Gasteiger partial charge on any atom is -0.253 e. The topological polar surface area (TPSA) is 36.1 Å². The lowest BCUT2D eigenvalue weighted by Gasteiger charge is -2.05. The normalized spacial score (nSPS) is 11.1. The Balaban J connectivity index is 2.33. The standard InChI is InChI=1S/C17H16N2/c1-2-6-17(15-7-4-3-5-8-15)19-16-11-9-14(13-18)10-12-16/h3-5,7-12H,2,6H2,1H3. The summed E-state index contributed by atoms with van der Waals surface area (Å²) < 4.78 is 0. The molecular formula is C17H16N2. The first-order valence-electron chi connectivity index (χ1n) is 6.46. The largest absolute Gasteiger partial charge is 0.253 e. The molecule has 0 aromatic heterocycles. The Morgan fingerprint density at radius 3 is 2.32 bits per heavy atom. The molecule has 2 aromatic rings.